The minimum atomic E-state index is -1.17. The lowest BCUT2D eigenvalue weighted by atomic mass is 10.0. The zero-order valence-corrected chi connectivity index (χ0v) is 18.1. The SMILES string of the molecule is Fc1ccc(-c2nn(C3CCOC[C@@H]3F)cc2-c2ncnc3oc(-c4ccccc4)cc23)cc1. The van der Waals surface area contributed by atoms with Crippen LogP contribution in [0.15, 0.2) is 77.6 Å². The molecule has 8 heteroatoms. The molecule has 1 aliphatic heterocycles. The van der Waals surface area contributed by atoms with Crippen LogP contribution >= 0.6 is 0 Å². The molecule has 1 aliphatic rings. The van der Waals surface area contributed by atoms with Gasteiger partial charge in [-0.15, -0.1) is 0 Å². The Morgan fingerprint density at radius 3 is 2.56 bits per heavy atom. The number of ether oxygens (including phenoxy) is 1. The fraction of sp³-hybridized carbons (Fsp3) is 0.192. The number of hydrogen-bond acceptors (Lipinski definition) is 5. The number of halogens is 2. The molecule has 6 rings (SSSR count). The van der Waals surface area contributed by atoms with Crippen LogP contribution in [0.25, 0.3) is 44.9 Å². The van der Waals surface area contributed by atoms with Crippen LogP contribution < -0.4 is 0 Å². The van der Waals surface area contributed by atoms with Crippen molar-refractivity contribution in [3.8, 4) is 33.8 Å². The summed E-state index contributed by atoms with van der Waals surface area (Å²) in [5.74, 6) is 0.325. The molecule has 0 amide bonds. The van der Waals surface area contributed by atoms with E-state index in [1.54, 1.807) is 23.0 Å². The Kier molecular flexibility index (Phi) is 5.15. The maximum absolute atomic E-state index is 14.7. The smallest absolute Gasteiger partial charge is 0.230 e. The van der Waals surface area contributed by atoms with Crippen LogP contribution in [0.1, 0.15) is 12.5 Å². The normalized spacial score (nSPS) is 18.4. The number of benzene rings is 2. The van der Waals surface area contributed by atoms with Crippen molar-refractivity contribution >= 4 is 11.1 Å². The lowest BCUT2D eigenvalue weighted by molar-refractivity contribution is -0.0000570. The van der Waals surface area contributed by atoms with Gasteiger partial charge in [0.15, 0.2) is 0 Å². The summed E-state index contributed by atoms with van der Waals surface area (Å²) in [5, 5.41) is 5.46. The summed E-state index contributed by atoms with van der Waals surface area (Å²) >= 11 is 0. The number of nitrogens with zero attached hydrogens (tertiary/aromatic N) is 4. The summed E-state index contributed by atoms with van der Waals surface area (Å²) in [6, 6.07) is 17.3. The van der Waals surface area contributed by atoms with Gasteiger partial charge in [-0.25, -0.2) is 18.7 Å². The van der Waals surface area contributed by atoms with E-state index in [4.69, 9.17) is 14.3 Å². The first-order valence-corrected chi connectivity index (χ1v) is 11.0. The first-order chi connectivity index (χ1) is 16.7. The fourth-order valence-electron chi connectivity index (χ4n) is 4.36. The highest BCUT2D eigenvalue weighted by atomic mass is 19.1. The Balaban J connectivity index is 1.53. The van der Waals surface area contributed by atoms with Crippen LogP contribution in [-0.2, 0) is 4.74 Å². The predicted molar refractivity (Wildman–Crippen MR) is 123 cm³/mol. The summed E-state index contributed by atoms with van der Waals surface area (Å²) < 4.78 is 41.2. The molecule has 1 fully saturated rings. The third-order valence-electron chi connectivity index (χ3n) is 6.08. The molecular formula is C26H20F2N4O2. The third-order valence-corrected chi connectivity index (χ3v) is 6.08. The second-order valence-corrected chi connectivity index (χ2v) is 8.24. The summed E-state index contributed by atoms with van der Waals surface area (Å²) in [5.41, 5.74) is 3.96. The average molecular weight is 458 g/mol. The standard InChI is InChI=1S/C26H20F2N4O2/c27-18-8-6-17(7-9-18)24-20(13-32(31-24)22-10-11-33-14-21(22)28)25-19-12-23(16-4-2-1-3-5-16)34-26(19)30-15-29-25/h1-9,12-13,15,21-22H,10-11,14H2/t21-,22?/m0/s1. The van der Waals surface area contributed by atoms with E-state index < -0.39 is 12.2 Å². The van der Waals surface area contributed by atoms with E-state index in [2.05, 4.69) is 9.97 Å². The van der Waals surface area contributed by atoms with Gasteiger partial charge in [0.2, 0.25) is 5.71 Å². The molecule has 170 valence electrons. The van der Waals surface area contributed by atoms with Crippen molar-refractivity contribution in [3.05, 3.63) is 79.0 Å². The van der Waals surface area contributed by atoms with Crippen LogP contribution in [0, 0.1) is 5.82 Å². The molecule has 4 heterocycles. The maximum Gasteiger partial charge on any atom is 0.230 e. The van der Waals surface area contributed by atoms with E-state index in [-0.39, 0.29) is 12.4 Å². The number of fused-ring (bicyclic) bond motifs is 1. The molecule has 0 saturated carbocycles. The van der Waals surface area contributed by atoms with Crippen LogP contribution in [0.2, 0.25) is 0 Å². The zero-order chi connectivity index (χ0) is 23.1. The van der Waals surface area contributed by atoms with Crippen molar-refractivity contribution in [3.63, 3.8) is 0 Å². The van der Waals surface area contributed by atoms with E-state index >= 15 is 0 Å². The quantitative estimate of drug-likeness (QED) is 0.338. The molecule has 1 saturated heterocycles. The molecule has 34 heavy (non-hydrogen) atoms. The fourth-order valence-corrected chi connectivity index (χ4v) is 4.36. The summed E-state index contributed by atoms with van der Waals surface area (Å²) in [7, 11) is 0. The number of alkyl halides is 1. The van der Waals surface area contributed by atoms with Crippen LogP contribution in [0.4, 0.5) is 8.78 Å². The van der Waals surface area contributed by atoms with Crippen molar-refractivity contribution in [1.82, 2.24) is 19.7 Å². The second kappa shape index (κ2) is 8.46. The van der Waals surface area contributed by atoms with Crippen molar-refractivity contribution < 1.29 is 17.9 Å². The van der Waals surface area contributed by atoms with Gasteiger partial charge in [-0.05, 0) is 36.8 Å². The number of aromatic nitrogens is 4. The van der Waals surface area contributed by atoms with Gasteiger partial charge in [-0.3, -0.25) is 4.68 Å². The molecule has 2 aromatic carbocycles. The monoisotopic (exact) mass is 458 g/mol. The van der Waals surface area contributed by atoms with Gasteiger partial charge in [0.05, 0.1) is 23.7 Å². The highest BCUT2D eigenvalue weighted by molar-refractivity contribution is 5.95. The first-order valence-electron chi connectivity index (χ1n) is 11.0. The minimum absolute atomic E-state index is 0.0334. The van der Waals surface area contributed by atoms with E-state index in [0.717, 1.165) is 5.56 Å². The molecule has 0 spiro atoms. The molecule has 1 unspecified atom stereocenters. The molecule has 0 bridgehead atoms. The van der Waals surface area contributed by atoms with E-state index in [1.807, 2.05) is 36.4 Å². The highest BCUT2D eigenvalue weighted by Crippen LogP contribution is 2.38. The molecule has 0 aliphatic carbocycles. The summed E-state index contributed by atoms with van der Waals surface area (Å²) in [6.45, 7) is 0.498. The predicted octanol–water partition coefficient (Wildman–Crippen LogP) is 5.86. The van der Waals surface area contributed by atoms with E-state index in [0.29, 0.717) is 52.4 Å². The Hall–Kier alpha value is -3.91. The maximum atomic E-state index is 14.7. The largest absolute Gasteiger partial charge is 0.438 e. The minimum Gasteiger partial charge on any atom is -0.438 e. The van der Waals surface area contributed by atoms with Gasteiger partial charge in [-0.1, -0.05) is 30.3 Å². The Labute approximate surface area is 193 Å². The van der Waals surface area contributed by atoms with Crippen LogP contribution in [0.3, 0.4) is 0 Å². The molecule has 3 aromatic heterocycles. The van der Waals surface area contributed by atoms with Gasteiger partial charge in [0, 0.05) is 29.5 Å². The van der Waals surface area contributed by atoms with E-state index in [1.165, 1.54) is 18.5 Å². The zero-order valence-electron chi connectivity index (χ0n) is 18.1. The number of rotatable bonds is 4. The second-order valence-electron chi connectivity index (χ2n) is 8.24. The lowest BCUT2D eigenvalue weighted by Crippen LogP contribution is -2.31. The Bertz CT molecular complexity index is 1450. The van der Waals surface area contributed by atoms with E-state index in [9.17, 15) is 8.78 Å². The lowest BCUT2D eigenvalue weighted by Gasteiger charge is -2.26. The van der Waals surface area contributed by atoms with Gasteiger partial charge >= 0.3 is 0 Å². The third kappa shape index (κ3) is 3.66. The number of furan rings is 1. The molecule has 2 atom stereocenters. The molecule has 0 radical (unpaired) electrons. The van der Waals surface area contributed by atoms with Crippen molar-refractivity contribution in [2.75, 3.05) is 13.2 Å². The highest BCUT2D eigenvalue weighted by Gasteiger charge is 2.30. The van der Waals surface area contributed by atoms with Crippen molar-refractivity contribution in [2.45, 2.75) is 18.6 Å². The molecule has 0 N–H and O–H groups in total. The Morgan fingerprint density at radius 2 is 1.76 bits per heavy atom. The molecule has 5 aromatic rings. The number of hydrogen-bond donors (Lipinski definition) is 0. The summed E-state index contributed by atoms with van der Waals surface area (Å²) in [4.78, 5) is 8.85. The Morgan fingerprint density at radius 1 is 0.941 bits per heavy atom. The van der Waals surface area contributed by atoms with Gasteiger partial charge in [0.25, 0.3) is 0 Å². The first kappa shape index (κ1) is 20.7. The summed E-state index contributed by atoms with van der Waals surface area (Å²) in [6.07, 6.45) is 2.58. The molecule has 6 nitrogen and oxygen atoms in total. The van der Waals surface area contributed by atoms with Gasteiger partial charge in [-0.2, -0.15) is 5.10 Å². The van der Waals surface area contributed by atoms with Crippen molar-refractivity contribution in [2.24, 2.45) is 0 Å². The van der Waals surface area contributed by atoms with Gasteiger partial charge < -0.3 is 9.15 Å². The molecular weight excluding hydrogens is 438 g/mol. The topological polar surface area (TPSA) is 66.0 Å². The average Bonchev–Trinajstić information content (AvgIpc) is 3.50. The van der Waals surface area contributed by atoms with Gasteiger partial charge in [0.1, 0.15) is 29.8 Å². The van der Waals surface area contributed by atoms with Crippen LogP contribution in [0.5, 0.6) is 0 Å². The van der Waals surface area contributed by atoms with Crippen molar-refractivity contribution in [1.29, 1.82) is 0 Å². The van der Waals surface area contributed by atoms with Crippen LogP contribution in [-0.4, -0.2) is 39.1 Å².